The Morgan fingerprint density at radius 3 is 2.50 bits per heavy atom. The molecule has 4 heteroatoms. The van der Waals surface area contributed by atoms with Crippen LogP contribution in [0.2, 0.25) is 0 Å². The summed E-state index contributed by atoms with van der Waals surface area (Å²) >= 11 is 2.00. The number of rotatable bonds is 3. The van der Waals surface area contributed by atoms with Crippen molar-refractivity contribution in [3.05, 3.63) is 0 Å². The molecule has 4 atom stereocenters. The number of hydrogen-bond acceptors (Lipinski definition) is 2. The third-order valence-electron chi connectivity index (χ3n) is 3.71. The Morgan fingerprint density at radius 2 is 2.00 bits per heavy atom. The molecular weight excluding hydrogens is 218 g/mol. The largest absolute Gasteiger partial charge is 0.354 e. The molecule has 0 aromatic rings. The minimum Gasteiger partial charge on any atom is -0.354 e. The summed E-state index contributed by atoms with van der Waals surface area (Å²) in [6, 6.07) is 1.28. The molecule has 92 valence electrons. The second-order valence-corrected chi connectivity index (χ2v) is 6.19. The van der Waals surface area contributed by atoms with E-state index in [2.05, 4.69) is 28.8 Å². The molecule has 0 aromatic heterocycles. The first-order chi connectivity index (χ1) is 7.72. The van der Waals surface area contributed by atoms with Crippen LogP contribution in [-0.4, -0.2) is 36.6 Å². The smallest absolute Gasteiger partial charge is 0.191 e. The topological polar surface area (TPSA) is 36.4 Å². The first kappa shape index (κ1) is 12.1. The van der Waals surface area contributed by atoms with Gasteiger partial charge in [-0.1, -0.05) is 6.92 Å². The van der Waals surface area contributed by atoms with Crippen LogP contribution >= 0.6 is 11.8 Å². The minimum atomic E-state index is 0.623. The Balaban J connectivity index is 1.74. The summed E-state index contributed by atoms with van der Waals surface area (Å²) in [4.78, 5) is 4.30. The summed E-state index contributed by atoms with van der Waals surface area (Å²) in [7, 11) is 1.86. The van der Waals surface area contributed by atoms with Crippen LogP contribution in [0.1, 0.15) is 32.6 Å². The van der Waals surface area contributed by atoms with Crippen LogP contribution in [0.25, 0.3) is 0 Å². The first-order valence-electron chi connectivity index (χ1n) is 6.25. The van der Waals surface area contributed by atoms with E-state index in [4.69, 9.17) is 0 Å². The van der Waals surface area contributed by atoms with E-state index in [0.29, 0.717) is 12.1 Å². The van der Waals surface area contributed by atoms with E-state index in [-0.39, 0.29) is 0 Å². The number of aliphatic imine (C=N–C) groups is 1. The summed E-state index contributed by atoms with van der Waals surface area (Å²) in [5.74, 6) is 1.82. The van der Waals surface area contributed by atoms with Gasteiger partial charge in [-0.15, -0.1) is 0 Å². The third kappa shape index (κ3) is 3.06. The van der Waals surface area contributed by atoms with E-state index in [1.54, 1.807) is 0 Å². The molecule has 0 aromatic carbocycles. The van der Waals surface area contributed by atoms with Crippen molar-refractivity contribution in [2.75, 3.05) is 13.3 Å². The van der Waals surface area contributed by atoms with Gasteiger partial charge in [-0.25, -0.2) is 0 Å². The molecule has 3 nitrogen and oxygen atoms in total. The maximum absolute atomic E-state index is 4.30. The van der Waals surface area contributed by atoms with Gasteiger partial charge in [0.1, 0.15) is 0 Å². The first-order valence-corrected chi connectivity index (χ1v) is 7.54. The van der Waals surface area contributed by atoms with Crippen LogP contribution in [-0.2, 0) is 0 Å². The molecule has 2 saturated carbocycles. The van der Waals surface area contributed by atoms with Gasteiger partial charge in [0.25, 0.3) is 0 Å². The highest BCUT2D eigenvalue weighted by Crippen LogP contribution is 2.30. The molecule has 0 spiro atoms. The molecule has 0 radical (unpaired) electrons. The summed E-state index contributed by atoms with van der Waals surface area (Å²) in [6.07, 6.45) is 7.41. The number of guanidine groups is 1. The minimum absolute atomic E-state index is 0.623. The van der Waals surface area contributed by atoms with Gasteiger partial charge in [0.2, 0.25) is 0 Å². The highest BCUT2D eigenvalue weighted by Gasteiger charge is 2.34. The van der Waals surface area contributed by atoms with Crippen LogP contribution in [0.4, 0.5) is 0 Å². The van der Waals surface area contributed by atoms with Crippen molar-refractivity contribution < 1.29 is 0 Å². The van der Waals surface area contributed by atoms with Gasteiger partial charge >= 0.3 is 0 Å². The lowest BCUT2D eigenvalue weighted by molar-refractivity contribution is 0.611. The van der Waals surface area contributed by atoms with E-state index in [9.17, 15) is 0 Å². The Labute approximate surface area is 103 Å². The van der Waals surface area contributed by atoms with Crippen LogP contribution in [0, 0.1) is 5.92 Å². The van der Waals surface area contributed by atoms with Crippen LogP contribution < -0.4 is 10.6 Å². The van der Waals surface area contributed by atoms with Crippen molar-refractivity contribution in [3.8, 4) is 0 Å². The Bertz CT molecular complexity index is 267. The second-order valence-electron chi connectivity index (χ2n) is 5.05. The molecule has 2 N–H and O–H groups in total. The van der Waals surface area contributed by atoms with E-state index in [1.807, 2.05) is 18.8 Å². The second kappa shape index (κ2) is 5.30. The standard InChI is InChI=1S/C12H23N3S/c1-8-6-11(8)15-12(13-2)14-9-4-5-10(7-9)16-3/h8-11H,4-7H2,1-3H3,(H2,13,14,15). The molecular formula is C12H23N3S. The van der Waals surface area contributed by atoms with E-state index in [0.717, 1.165) is 17.1 Å². The molecule has 0 heterocycles. The normalized spacial score (nSPS) is 38.6. The fourth-order valence-electron chi connectivity index (χ4n) is 2.35. The molecule has 0 amide bonds. The molecule has 2 aliphatic carbocycles. The van der Waals surface area contributed by atoms with Crippen LogP contribution in [0.5, 0.6) is 0 Å². The molecule has 4 unspecified atom stereocenters. The van der Waals surface area contributed by atoms with Gasteiger partial charge in [0, 0.05) is 24.4 Å². The van der Waals surface area contributed by atoms with Crippen molar-refractivity contribution in [2.24, 2.45) is 10.9 Å². The maximum atomic E-state index is 4.30. The predicted octanol–water partition coefficient (Wildman–Crippen LogP) is 1.84. The molecule has 2 fully saturated rings. The average Bonchev–Trinajstić information content (AvgIpc) is 2.81. The number of nitrogens with zero attached hydrogens (tertiary/aromatic N) is 1. The molecule has 0 aliphatic heterocycles. The summed E-state index contributed by atoms with van der Waals surface area (Å²) in [5, 5.41) is 7.87. The lowest BCUT2D eigenvalue weighted by Gasteiger charge is -2.17. The van der Waals surface area contributed by atoms with Gasteiger partial charge < -0.3 is 10.6 Å². The molecule has 16 heavy (non-hydrogen) atoms. The van der Waals surface area contributed by atoms with Crippen LogP contribution in [0.3, 0.4) is 0 Å². The molecule has 0 bridgehead atoms. The Hall–Kier alpha value is -0.380. The highest BCUT2D eigenvalue weighted by molar-refractivity contribution is 7.99. The van der Waals surface area contributed by atoms with Gasteiger partial charge in [-0.05, 0) is 37.9 Å². The van der Waals surface area contributed by atoms with Crippen molar-refractivity contribution in [3.63, 3.8) is 0 Å². The quantitative estimate of drug-likeness (QED) is 0.585. The monoisotopic (exact) mass is 241 g/mol. The van der Waals surface area contributed by atoms with Gasteiger partial charge in [0.15, 0.2) is 5.96 Å². The van der Waals surface area contributed by atoms with Gasteiger partial charge in [0.05, 0.1) is 0 Å². The zero-order valence-electron chi connectivity index (χ0n) is 10.5. The summed E-state index contributed by atoms with van der Waals surface area (Å²) < 4.78 is 0. The number of hydrogen-bond donors (Lipinski definition) is 2. The van der Waals surface area contributed by atoms with E-state index in [1.165, 1.54) is 25.7 Å². The number of thioether (sulfide) groups is 1. The summed E-state index contributed by atoms with van der Waals surface area (Å²) in [6.45, 7) is 2.28. The molecule has 2 rings (SSSR count). The molecule has 0 saturated heterocycles. The van der Waals surface area contributed by atoms with E-state index >= 15 is 0 Å². The lowest BCUT2D eigenvalue weighted by atomic mass is 10.2. The Kier molecular flexibility index (Phi) is 4.00. The predicted molar refractivity (Wildman–Crippen MR) is 72.1 cm³/mol. The summed E-state index contributed by atoms with van der Waals surface area (Å²) in [5.41, 5.74) is 0. The average molecular weight is 241 g/mol. The Morgan fingerprint density at radius 1 is 1.25 bits per heavy atom. The van der Waals surface area contributed by atoms with Crippen molar-refractivity contribution in [1.29, 1.82) is 0 Å². The lowest BCUT2D eigenvalue weighted by Crippen LogP contribution is -2.43. The fourth-order valence-corrected chi connectivity index (χ4v) is 3.14. The molecule has 2 aliphatic rings. The fraction of sp³-hybridized carbons (Fsp3) is 0.917. The van der Waals surface area contributed by atoms with Crippen molar-refractivity contribution >= 4 is 17.7 Å². The third-order valence-corrected chi connectivity index (χ3v) is 4.81. The van der Waals surface area contributed by atoms with Gasteiger partial charge in [-0.3, -0.25) is 4.99 Å². The highest BCUT2D eigenvalue weighted by atomic mass is 32.2. The zero-order chi connectivity index (χ0) is 11.5. The maximum Gasteiger partial charge on any atom is 0.191 e. The SMILES string of the molecule is CN=C(NC1CCC(SC)C1)NC1CC1C. The number of nitrogens with one attached hydrogen (secondary N) is 2. The van der Waals surface area contributed by atoms with Crippen molar-refractivity contribution in [1.82, 2.24) is 10.6 Å². The van der Waals surface area contributed by atoms with Crippen molar-refractivity contribution in [2.45, 2.75) is 49.9 Å². The van der Waals surface area contributed by atoms with E-state index < -0.39 is 0 Å². The zero-order valence-corrected chi connectivity index (χ0v) is 11.3. The van der Waals surface area contributed by atoms with Gasteiger partial charge in [-0.2, -0.15) is 11.8 Å². The van der Waals surface area contributed by atoms with Crippen LogP contribution in [0.15, 0.2) is 4.99 Å².